The first kappa shape index (κ1) is 19.9. The highest BCUT2D eigenvalue weighted by molar-refractivity contribution is 5.87. The van der Waals surface area contributed by atoms with Crippen molar-refractivity contribution in [2.75, 3.05) is 12.0 Å². The minimum Gasteiger partial charge on any atom is -0.381 e. The van der Waals surface area contributed by atoms with Gasteiger partial charge in [-0.1, -0.05) is 0 Å². The van der Waals surface area contributed by atoms with Crippen LogP contribution in [0, 0.1) is 11.3 Å². The van der Waals surface area contributed by atoms with E-state index in [4.69, 9.17) is 9.72 Å². The molecular weight excluding hydrogens is 414 g/mol. The Balaban J connectivity index is 1.41. The molecule has 2 fully saturated rings. The monoisotopic (exact) mass is 439 g/mol. The van der Waals surface area contributed by atoms with Crippen molar-refractivity contribution < 1.29 is 4.74 Å². The van der Waals surface area contributed by atoms with E-state index < -0.39 is 0 Å². The molecule has 8 heteroatoms. The summed E-state index contributed by atoms with van der Waals surface area (Å²) in [6.45, 7) is 0. The summed E-state index contributed by atoms with van der Waals surface area (Å²) in [5, 5.41) is 18.4. The van der Waals surface area contributed by atoms with Gasteiger partial charge in [0.2, 0.25) is 0 Å². The molecule has 4 aromatic heterocycles. The number of aryl methyl sites for hydroxylation is 1. The highest BCUT2D eigenvalue weighted by Crippen LogP contribution is 2.40. The molecule has 0 spiro atoms. The van der Waals surface area contributed by atoms with E-state index in [9.17, 15) is 5.26 Å². The number of nitrogens with zero attached hydrogens (tertiary/aromatic N) is 7. The molecule has 33 heavy (non-hydrogen) atoms. The Kier molecular flexibility index (Phi) is 4.66. The van der Waals surface area contributed by atoms with Crippen molar-refractivity contribution in [3.8, 4) is 28.3 Å². The van der Waals surface area contributed by atoms with E-state index in [0.29, 0.717) is 23.8 Å². The zero-order valence-corrected chi connectivity index (χ0v) is 18.7. The van der Waals surface area contributed by atoms with Gasteiger partial charge in [0, 0.05) is 67.1 Å². The van der Waals surface area contributed by atoms with Gasteiger partial charge in [-0.05, 0) is 43.9 Å². The van der Waals surface area contributed by atoms with Crippen LogP contribution in [0.5, 0.6) is 0 Å². The van der Waals surface area contributed by atoms with Crippen LogP contribution in [0.2, 0.25) is 0 Å². The van der Waals surface area contributed by atoms with Gasteiger partial charge in [-0.2, -0.15) is 15.5 Å². The summed E-state index contributed by atoms with van der Waals surface area (Å²) in [6, 6.07) is 9.59. The summed E-state index contributed by atoms with van der Waals surface area (Å²) in [4.78, 5) is 7.37. The Hall–Kier alpha value is -3.70. The number of fused-ring (bicyclic) bond motifs is 3. The first-order valence-corrected chi connectivity index (χ1v) is 11.3. The number of nitriles is 1. The van der Waals surface area contributed by atoms with Crippen LogP contribution >= 0.6 is 0 Å². The minimum atomic E-state index is 0.354. The van der Waals surface area contributed by atoms with Gasteiger partial charge in [-0.25, -0.2) is 9.50 Å². The van der Waals surface area contributed by atoms with Gasteiger partial charge < -0.3 is 9.64 Å². The maximum atomic E-state index is 9.66. The second kappa shape index (κ2) is 7.71. The number of hydrogen-bond acceptors (Lipinski definition) is 6. The van der Waals surface area contributed by atoms with E-state index in [1.165, 1.54) is 12.8 Å². The molecular formula is C25H25N7O. The number of aromatic nitrogens is 5. The fourth-order valence-electron chi connectivity index (χ4n) is 5.54. The van der Waals surface area contributed by atoms with Crippen LogP contribution in [-0.4, -0.2) is 49.7 Å². The quantitative estimate of drug-likeness (QED) is 0.481. The van der Waals surface area contributed by atoms with Crippen molar-refractivity contribution in [1.29, 1.82) is 5.26 Å². The maximum Gasteiger partial charge on any atom is 0.129 e. The first-order chi connectivity index (χ1) is 16.1. The van der Waals surface area contributed by atoms with Crippen molar-refractivity contribution in [2.45, 2.75) is 43.9 Å². The topological polar surface area (TPSA) is 84.3 Å². The van der Waals surface area contributed by atoms with Crippen LogP contribution in [0.4, 0.5) is 5.82 Å². The summed E-state index contributed by atoms with van der Waals surface area (Å²) in [5.41, 5.74) is 5.22. The molecule has 0 N–H and O–H groups in total. The molecule has 0 amide bonds. The van der Waals surface area contributed by atoms with E-state index >= 15 is 0 Å². The van der Waals surface area contributed by atoms with Crippen LogP contribution in [0.15, 0.2) is 49.2 Å². The molecule has 2 unspecified atom stereocenters. The van der Waals surface area contributed by atoms with Gasteiger partial charge in [0.05, 0.1) is 29.6 Å². The van der Waals surface area contributed by atoms with Crippen molar-refractivity contribution in [3.05, 3.63) is 54.7 Å². The lowest BCUT2D eigenvalue weighted by Gasteiger charge is -2.39. The third-order valence-corrected chi connectivity index (χ3v) is 7.12. The second-order valence-corrected chi connectivity index (χ2v) is 9.03. The summed E-state index contributed by atoms with van der Waals surface area (Å²) < 4.78 is 9.21. The molecule has 0 saturated carbocycles. The number of hydrogen-bond donors (Lipinski definition) is 0. The number of methoxy groups -OCH3 is 1. The molecule has 8 nitrogen and oxygen atoms in total. The Morgan fingerprint density at radius 1 is 1.00 bits per heavy atom. The molecule has 0 aromatic carbocycles. The Bertz CT molecular complexity index is 1350. The van der Waals surface area contributed by atoms with Crippen LogP contribution < -0.4 is 4.90 Å². The van der Waals surface area contributed by atoms with Crippen LogP contribution in [0.3, 0.4) is 0 Å². The maximum absolute atomic E-state index is 9.66. The first-order valence-electron chi connectivity index (χ1n) is 11.3. The smallest absolute Gasteiger partial charge is 0.129 e. The fourth-order valence-corrected chi connectivity index (χ4v) is 5.54. The third kappa shape index (κ3) is 3.28. The van der Waals surface area contributed by atoms with Crippen molar-refractivity contribution in [3.63, 3.8) is 0 Å². The van der Waals surface area contributed by atoms with Gasteiger partial charge in [0.1, 0.15) is 11.9 Å². The lowest BCUT2D eigenvalue weighted by atomic mass is 9.99. The zero-order valence-electron chi connectivity index (χ0n) is 18.7. The summed E-state index contributed by atoms with van der Waals surface area (Å²) >= 11 is 0. The molecule has 4 aromatic rings. The fraction of sp³-hybridized carbons (Fsp3) is 0.360. The predicted octanol–water partition coefficient (Wildman–Crippen LogP) is 3.81. The van der Waals surface area contributed by atoms with Crippen molar-refractivity contribution in [2.24, 2.45) is 7.05 Å². The average Bonchev–Trinajstić information content (AvgIpc) is 3.53. The summed E-state index contributed by atoms with van der Waals surface area (Å²) in [6.07, 6.45) is 14.2. The molecule has 2 aliphatic rings. The van der Waals surface area contributed by atoms with Gasteiger partial charge >= 0.3 is 0 Å². The van der Waals surface area contributed by atoms with Crippen molar-refractivity contribution >= 4 is 11.3 Å². The van der Waals surface area contributed by atoms with Crippen LogP contribution in [0.25, 0.3) is 27.8 Å². The number of ether oxygens (including phenoxy) is 1. The number of piperidine rings is 1. The van der Waals surface area contributed by atoms with E-state index in [-0.39, 0.29) is 0 Å². The predicted molar refractivity (Wildman–Crippen MR) is 125 cm³/mol. The molecule has 0 aliphatic carbocycles. The molecule has 6 rings (SSSR count). The number of rotatable bonds is 4. The molecule has 2 aliphatic heterocycles. The molecule has 166 valence electrons. The molecule has 2 saturated heterocycles. The Morgan fingerprint density at radius 3 is 2.45 bits per heavy atom. The van der Waals surface area contributed by atoms with Gasteiger partial charge in [-0.3, -0.25) is 4.68 Å². The van der Waals surface area contributed by atoms with Gasteiger partial charge in [-0.15, -0.1) is 0 Å². The molecule has 6 heterocycles. The van der Waals surface area contributed by atoms with Crippen LogP contribution in [-0.2, 0) is 11.8 Å². The van der Waals surface area contributed by atoms with E-state index in [0.717, 1.165) is 46.4 Å². The van der Waals surface area contributed by atoms with Crippen LogP contribution in [0.1, 0.15) is 31.2 Å². The summed E-state index contributed by atoms with van der Waals surface area (Å²) in [7, 11) is 3.72. The van der Waals surface area contributed by atoms with E-state index in [2.05, 4.69) is 39.4 Å². The second-order valence-electron chi connectivity index (χ2n) is 9.03. The normalized spacial score (nSPS) is 22.1. The summed E-state index contributed by atoms with van der Waals surface area (Å²) in [5.74, 6) is 1.02. The standard InChI is InChI=1S/C25H25N7O/c1-30-14-19(13-28-30)17-7-23(25-18(10-26)12-29-31(25)15-17)16-3-6-24(27-11-16)32-20-4-5-21(32)9-22(8-20)33-2/h3,6-7,11-15,20-22H,4-5,8-9H2,1-2H3/t20-,21?,22?/m1/s1. The lowest BCUT2D eigenvalue weighted by Crippen LogP contribution is -2.45. The lowest BCUT2D eigenvalue weighted by molar-refractivity contribution is 0.0682. The number of anilines is 1. The molecule has 3 atom stereocenters. The minimum absolute atomic E-state index is 0.354. The zero-order chi connectivity index (χ0) is 22.5. The highest BCUT2D eigenvalue weighted by atomic mass is 16.5. The number of pyridine rings is 2. The SMILES string of the molecule is COC1CC2CC[C@H](C1)N2c1ccc(-c2cc(-c3cnn(C)c3)cn3ncc(C#N)c23)cn1. The van der Waals surface area contributed by atoms with Crippen molar-refractivity contribution in [1.82, 2.24) is 24.4 Å². The third-order valence-electron chi connectivity index (χ3n) is 7.12. The molecule has 0 radical (unpaired) electrons. The highest BCUT2D eigenvalue weighted by Gasteiger charge is 2.41. The van der Waals surface area contributed by atoms with Gasteiger partial charge in [0.15, 0.2) is 0 Å². The van der Waals surface area contributed by atoms with Gasteiger partial charge in [0.25, 0.3) is 0 Å². The van der Waals surface area contributed by atoms with E-state index in [1.807, 2.05) is 38.9 Å². The average molecular weight is 440 g/mol. The largest absolute Gasteiger partial charge is 0.381 e. The van der Waals surface area contributed by atoms with E-state index in [1.54, 1.807) is 15.4 Å². The Labute approximate surface area is 192 Å². The molecule has 2 bridgehead atoms. The Morgan fingerprint density at radius 2 is 1.82 bits per heavy atom.